The first-order valence-electron chi connectivity index (χ1n) is 7.27. The number of hydrogen-bond donors (Lipinski definition) is 1. The molecule has 1 aromatic carbocycles. The quantitative estimate of drug-likeness (QED) is 0.902. The van der Waals surface area contributed by atoms with Crippen LogP contribution in [0.5, 0.6) is 5.75 Å². The molecule has 19 heavy (non-hydrogen) atoms. The summed E-state index contributed by atoms with van der Waals surface area (Å²) in [5.74, 6) is 0.934. The number of anilines is 1. The summed E-state index contributed by atoms with van der Waals surface area (Å²) >= 11 is 0. The van der Waals surface area contributed by atoms with E-state index < -0.39 is 0 Å². The van der Waals surface area contributed by atoms with Crippen molar-refractivity contribution >= 4 is 5.69 Å². The first-order valence-corrected chi connectivity index (χ1v) is 7.27. The lowest BCUT2D eigenvalue weighted by molar-refractivity contribution is 0.276. The van der Waals surface area contributed by atoms with Gasteiger partial charge in [-0.25, -0.2) is 0 Å². The van der Waals surface area contributed by atoms with Crippen LogP contribution < -0.4 is 15.0 Å². The van der Waals surface area contributed by atoms with E-state index in [1.165, 1.54) is 5.69 Å². The van der Waals surface area contributed by atoms with Gasteiger partial charge in [0.05, 0.1) is 7.11 Å². The number of hydrogen-bond acceptors (Lipinski definition) is 3. The highest BCUT2D eigenvalue weighted by Gasteiger charge is 2.33. The van der Waals surface area contributed by atoms with Crippen molar-refractivity contribution in [2.75, 3.05) is 25.1 Å². The van der Waals surface area contributed by atoms with Crippen LogP contribution in [0.25, 0.3) is 0 Å². The van der Waals surface area contributed by atoms with E-state index in [0.717, 1.165) is 31.7 Å². The average Bonchev–Trinajstić information content (AvgIpc) is 2.47. The van der Waals surface area contributed by atoms with E-state index in [0.29, 0.717) is 6.04 Å². The molecule has 0 bridgehead atoms. The number of rotatable bonds is 4. The largest absolute Gasteiger partial charge is 0.497 e. The number of methoxy groups -OCH3 is 1. The third-order valence-corrected chi connectivity index (χ3v) is 4.36. The third-order valence-electron chi connectivity index (χ3n) is 4.36. The molecule has 1 N–H and O–H groups in total. The van der Waals surface area contributed by atoms with E-state index in [-0.39, 0.29) is 5.54 Å². The van der Waals surface area contributed by atoms with Gasteiger partial charge in [-0.1, -0.05) is 19.9 Å². The first-order chi connectivity index (χ1) is 9.11. The van der Waals surface area contributed by atoms with E-state index in [9.17, 15) is 0 Å². The normalized spacial score (nSPS) is 27.4. The van der Waals surface area contributed by atoms with Crippen molar-refractivity contribution in [3.63, 3.8) is 0 Å². The lowest BCUT2D eigenvalue weighted by atomic mass is 9.92. The van der Waals surface area contributed by atoms with Crippen LogP contribution in [0.3, 0.4) is 0 Å². The van der Waals surface area contributed by atoms with Gasteiger partial charge in [0.25, 0.3) is 0 Å². The number of nitrogens with zero attached hydrogens (tertiary/aromatic N) is 1. The fourth-order valence-electron chi connectivity index (χ4n) is 2.73. The molecular formula is C16H26N2O. The molecule has 2 atom stereocenters. The maximum absolute atomic E-state index is 5.35. The predicted octanol–water partition coefficient (Wildman–Crippen LogP) is 3.05. The maximum Gasteiger partial charge on any atom is 0.120 e. The molecule has 1 heterocycles. The topological polar surface area (TPSA) is 24.5 Å². The Morgan fingerprint density at radius 3 is 2.84 bits per heavy atom. The first kappa shape index (κ1) is 14.2. The molecule has 0 aliphatic carbocycles. The highest BCUT2D eigenvalue weighted by molar-refractivity contribution is 5.52. The van der Waals surface area contributed by atoms with Gasteiger partial charge in [-0.3, -0.25) is 0 Å². The number of ether oxygens (including phenoxy) is 1. The SMILES string of the molecule is CCC1CNC(C)(CC)CN1c1cccc(OC)c1. The third kappa shape index (κ3) is 3.03. The maximum atomic E-state index is 5.35. The molecular weight excluding hydrogens is 236 g/mol. The number of benzene rings is 1. The standard InChI is InChI=1S/C16H26N2O/c1-5-13-11-17-16(3,6-2)12-18(13)14-8-7-9-15(10-14)19-4/h7-10,13,17H,5-6,11-12H2,1-4H3. The lowest BCUT2D eigenvalue weighted by Gasteiger charge is -2.47. The van der Waals surface area contributed by atoms with Gasteiger partial charge < -0.3 is 15.0 Å². The molecule has 1 saturated heterocycles. The summed E-state index contributed by atoms with van der Waals surface area (Å²) < 4.78 is 5.35. The summed E-state index contributed by atoms with van der Waals surface area (Å²) in [5.41, 5.74) is 1.47. The summed E-state index contributed by atoms with van der Waals surface area (Å²) in [6.45, 7) is 8.93. The van der Waals surface area contributed by atoms with Crippen LogP contribution in [0.15, 0.2) is 24.3 Å². The summed E-state index contributed by atoms with van der Waals surface area (Å²) in [6, 6.07) is 8.97. The summed E-state index contributed by atoms with van der Waals surface area (Å²) in [7, 11) is 1.73. The molecule has 3 heteroatoms. The molecule has 3 nitrogen and oxygen atoms in total. The molecule has 2 unspecified atom stereocenters. The molecule has 1 aromatic rings. The smallest absolute Gasteiger partial charge is 0.120 e. The predicted molar refractivity (Wildman–Crippen MR) is 81.1 cm³/mol. The Morgan fingerprint density at radius 1 is 1.42 bits per heavy atom. The van der Waals surface area contributed by atoms with Gasteiger partial charge in [0.1, 0.15) is 5.75 Å². The van der Waals surface area contributed by atoms with Crippen molar-refractivity contribution in [1.29, 1.82) is 0 Å². The van der Waals surface area contributed by atoms with Crippen molar-refractivity contribution in [2.45, 2.75) is 45.2 Å². The zero-order valence-electron chi connectivity index (χ0n) is 12.6. The summed E-state index contributed by atoms with van der Waals surface area (Å²) in [5, 5.41) is 3.70. The van der Waals surface area contributed by atoms with Crippen LogP contribution in [0.1, 0.15) is 33.6 Å². The Kier molecular flexibility index (Phi) is 4.35. The second-order valence-corrected chi connectivity index (χ2v) is 5.69. The summed E-state index contributed by atoms with van der Waals surface area (Å²) in [4.78, 5) is 2.53. The minimum absolute atomic E-state index is 0.203. The molecule has 0 saturated carbocycles. The number of nitrogens with one attached hydrogen (secondary N) is 1. The van der Waals surface area contributed by atoms with E-state index in [4.69, 9.17) is 4.74 Å². The monoisotopic (exact) mass is 262 g/mol. The van der Waals surface area contributed by atoms with Gasteiger partial charge in [0.2, 0.25) is 0 Å². The second-order valence-electron chi connectivity index (χ2n) is 5.69. The molecule has 0 spiro atoms. The van der Waals surface area contributed by atoms with Crippen LogP contribution >= 0.6 is 0 Å². The molecule has 0 radical (unpaired) electrons. The van der Waals surface area contributed by atoms with Crippen LogP contribution in [-0.4, -0.2) is 31.8 Å². The Bertz CT molecular complexity index is 421. The summed E-state index contributed by atoms with van der Waals surface area (Å²) in [6.07, 6.45) is 2.30. The molecule has 2 rings (SSSR count). The molecule has 1 aliphatic rings. The van der Waals surface area contributed by atoms with Crippen LogP contribution in [-0.2, 0) is 0 Å². The van der Waals surface area contributed by atoms with Gasteiger partial charge in [0.15, 0.2) is 0 Å². The fraction of sp³-hybridized carbons (Fsp3) is 0.625. The zero-order valence-corrected chi connectivity index (χ0v) is 12.6. The Morgan fingerprint density at radius 2 is 2.21 bits per heavy atom. The molecule has 1 aliphatic heterocycles. The van der Waals surface area contributed by atoms with Gasteiger partial charge in [0, 0.05) is 36.4 Å². The Balaban J connectivity index is 2.26. The van der Waals surface area contributed by atoms with Crippen molar-refractivity contribution in [2.24, 2.45) is 0 Å². The minimum atomic E-state index is 0.203. The van der Waals surface area contributed by atoms with Gasteiger partial charge >= 0.3 is 0 Å². The van der Waals surface area contributed by atoms with E-state index >= 15 is 0 Å². The Labute approximate surface area is 116 Å². The van der Waals surface area contributed by atoms with E-state index in [1.54, 1.807) is 7.11 Å². The van der Waals surface area contributed by atoms with Gasteiger partial charge in [-0.05, 0) is 31.9 Å². The van der Waals surface area contributed by atoms with Crippen LogP contribution in [0, 0.1) is 0 Å². The Hall–Kier alpha value is -1.22. The van der Waals surface area contributed by atoms with Crippen LogP contribution in [0.2, 0.25) is 0 Å². The molecule has 0 amide bonds. The second kappa shape index (κ2) is 5.83. The highest BCUT2D eigenvalue weighted by Crippen LogP contribution is 2.28. The fourth-order valence-corrected chi connectivity index (χ4v) is 2.73. The van der Waals surface area contributed by atoms with Crippen molar-refractivity contribution in [3.8, 4) is 5.75 Å². The minimum Gasteiger partial charge on any atom is -0.497 e. The van der Waals surface area contributed by atoms with Crippen molar-refractivity contribution < 1.29 is 4.74 Å². The van der Waals surface area contributed by atoms with E-state index in [1.807, 2.05) is 6.07 Å². The van der Waals surface area contributed by atoms with Gasteiger partial charge in [-0.2, -0.15) is 0 Å². The van der Waals surface area contributed by atoms with Crippen LogP contribution in [0.4, 0.5) is 5.69 Å². The lowest BCUT2D eigenvalue weighted by Crippen LogP contribution is -2.62. The zero-order chi connectivity index (χ0) is 13.9. The average molecular weight is 262 g/mol. The van der Waals surface area contributed by atoms with Gasteiger partial charge in [-0.15, -0.1) is 0 Å². The van der Waals surface area contributed by atoms with Crippen molar-refractivity contribution in [1.82, 2.24) is 5.32 Å². The molecule has 106 valence electrons. The molecule has 0 aromatic heterocycles. The van der Waals surface area contributed by atoms with Crippen molar-refractivity contribution in [3.05, 3.63) is 24.3 Å². The number of piperazine rings is 1. The van der Waals surface area contributed by atoms with E-state index in [2.05, 4.69) is 49.2 Å². The molecule has 1 fully saturated rings. The highest BCUT2D eigenvalue weighted by atomic mass is 16.5.